The van der Waals surface area contributed by atoms with Gasteiger partial charge in [-0.1, -0.05) is 0 Å². The first-order valence-corrected chi connectivity index (χ1v) is 5.84. The number of carbonyl (C=O) groups excluding carboxylic acids is 1. The summed E-state index contributed by atoms with van der Waals surface area (Å²) in [6, 6.07) is 4.15. The number of terminal acetylenes is 1. The standard InChI is InChI=1S/C14H14FNO2/c1-3-10-7-14(17)16(9-10)12-6-5-11(15)8-13(12)18-4-2/h1,5-6,8,10H,4,7,9H2,2H3. The lowest BCUT2D eigenvalue weighted by atomic mass is 10.1. The molecule has 94 valence electrons. The number of halogens is 1. The van der Waals surface area contributed by atoms with Crippen molar-refractivity contribution in [3.8, 4) is 18.1 Å². The maximum atomic E-state index is 13.2. The predicted molar refractivity (Wildman–Crippen MR) is 66.9 cm³/mol. The molecule has 1 unspecified atom stereocenters. The van der Waals surface area contributed by atoms with E-state index in [-0.39, 0.29) is 17.6 Å². The molecule has 0 bridgehead atoms. The Labute approximate surface area is 106 Å². The fourth-order valence-corrected chi connectivity index (χ4v) is 2.03. The maximum Gasteiger partial charge on any atom is 0.228 e. The van der Waals surface area contributed by atoms with Crippen LogP contribution in [0.2, 0.25) is 0 Å². The lowest BCUT2D eigenvalue weighted by Crippen LogP contribution is -2.25. The number of amides is 1. The van der Waals surface area contributed by atoms with Crippen LogP contribution in [0.4, 0.5) is 10.1 Å². The van der Waals surface area contributed by atoms with Gasteiger partial charge in [-0.25, -0.2) is 4.39 Å². The van der Waals surface area contributed by atoms with Crippen molar-refractivity contribution in [3.05, 3.63) is 24.0 Å². The molecular formula is C14H14FNO2. The Kier molecular flexibility index (Phi) is 3.52. The Balaban J connectivity index is 2.33. The van der Waals surface area contributed by atoms with Crippen LogP contribution in [0.25, 0.3) is 0 Å². The highest BCUT2D eigenvalue weighted by Gasteiger charge is 2.31. The van der Waals surface area contributed by atoms with Gasteiger partial charge in [0.1, 0.15) is 11.6 Å². The molecule has 3 nitrogen and oxygen atoms in total. The molecule has 4 heteroatoms. The van der Waals surface area contributed by atoms with Crippen LogP contribution >= 0.6 is 0 Å². The van der Waals surface area contributed by atoms with Crippen LogP contribution in [0.1, 0.15) is 13.3 Å². The van der Waals surface area contributed by atoms with Crippen LogP contribution in [0, 0.1) is 24.1 Å². The fourth-order valence-electron chi connectivity index (χ4n) is 2.03. The van der Waals surface area contributed by atoms with Crippen molar-refractivity contribution in [3.63, 3.8) is 0 Å². The molecule has 0 spiro atoms. The quantitative estimate of drug-likeness (QED) is 0.766. The number of hydrogen-bond donors (Lipinski definition) is 0. The van der Waals surface area contributed by atoms with Gasteiger partial charge in [-0.05, 0) is 19.1 Å². The Morgan fingerprint density at radius 2 is 2.39 bits per heavy atom. The van der Waals surface area contributed by atoms with Crippen molar-refractivity contribution in [2.45, 2.75) is 13.3 Å². The second kappa shape index (κ2) is 5.09. The Bertz CT molecular complexity index is 507. The summed E-state index contributed by atoms with van der Waals surface area (Å²) in [7, 11) is 0. The summed E-state index contributed by atoms with van der Waals surface area (Å²) < 4.78 is 18.5. The summed E-state index contributed by atoms with van der Waals surface area (Å²) in [4.78, 5) is 13.4. The van der Waals surface area contributed by atoms with Crippen LogP contribution in [-0.4, -0.2) is 19.1 Å². The van der Waals surface area contributed by atoms with E-state index < -0.39 is 0 Å². The van der Waals surface area contributed by atoms with Crippen molar-refractivity contribution >= 4 is 11.6 Å². The normalized spacial score (nSPS) is 18.8. The maximum absolute atomic E-state index is 13.2. The minimum atomic E-state index is -0.387. The van der Waals surface area contributed by atoms with Gasteiger partial charge in [-0.15, -0.1) is 12.3 Å². The summed E-state index contributed by atoms with van der Waals surface area (Å²) in [5, 5.41) is 0. The third-order valence-electron chi connectivity index (χ3n) is 2.87. The molecule has 0 radical (unpaired) electrons. The number of nitrogens with zero attached hydrogens (tertiary/aromatic N) is 1. The molecule has 1 saturated heterocycles. The second-order valence-electron chi connectivity index (χ2n) is 4.12. The lowest BCUT2D eigenvalue weighted by molar-refractivity contribution is -0.117. The van der Waals surface area contributed by atoms with Gasteiger partial charge in [0.2, 0.25) is 5.91 Å². The molecule has 18 heavy (non-hydrogen) atoms. The minimum Gasteiger partial charge on any atom is -0.492 e. The first-order chi connectivity index (χ1) is 8.65. The zero-order valence-corrected chi connectivity index (χ0v) is 10.1. The Morgan fingerprint density at radius 3 is 3.00 bits per heavy atom. The van der Waals surface area contributed by atoms with Crippen LogP contribution in [0.15, 0.2) is 18.2 Å². The van der Waals surface area contributed by atoms with Gasteiger partial charge >= 0.3 is 0 Å². The molecule has 0 saturated carbocycles. The third-order valence-corrected chi connectivity index (χ3v) is 2.87. The average Bonchev–Trinajstić information content (AvgIpc) is 2.71. The first-order valence-electron chi connectivity index (χ1n) is 5.84. The second-order valence-corrected chi connectivity index (χ2v) is 4.12. The first kappa shape index (κ1) is 12.4. The molecular weight excluding hydrogens is 233 g/mol. The van der Waals surface area contributed by atoms with Crippen molar-refractivity contribution < 1.29 is 13.9 Å². The lowest BCUT2D eigenvalue weighted by Gasteiger charge is -2.19. The molecule has 1 amide bonds. The van der Waals surface area contributed by atoms with E-state index in [2.05, 4.69) is 5.92 Å². The Morgan fingerprint density at radius 1 is 1.61 bits per heavy atom. The van der Waals surface area contributed by atoms with Crippen molar-refractivity contribution in [1.29, 1.82) is 0 Å². The van der Waals surface area contributed by atoms with Gasteiger partial charge < -0.3 is 9.64 Å². The summed E-state index contributed by atoms with van der Waals surface area (Å²) in [6.45, 7) is 2.68. The van der Waals surface area contributed by atoms with Gasteiger partial charge in [0, 0.05) is 24.9 Å². The molecule has 0 N–H and O–H groups in total. The highest BCUT2D eigenvalue weighted by atomic mass is 19.1. The number of rotatable bonds is 3. The monoisotopic (exact) mass is 247 g/mol. The van der Waals surface area contributed by atoms with E-state index in [4.69, 9.17) is 11.2 Å². The largest absolute Gasteiger partial charge is 0.492 e. The molecule has 1 fully saturated rings. The highest BCUT2D eigenvalue weighted by Crippen LogP contribution is 2.33. The number of anilines is 1. The third kappa shape index (κ3) is 2.30. The molecule has 1 aliphatic heterocycles. The number of ether oxygens (including phenoxy) is 1. The molecule has 0 aliphatic carbocycles. The van der Waals surface area contributed by atoms with Crippen LogP contribution < -0.4 is 9.64 Å². The van der Waals surface area contributed by atoms with E-state index in [1.54, 1.807) is 11.0 Å². The van der Waals surface area contributed by atoms with Gasteiger partial charge in [0.05, 0.1) is 12.3 Å². The van der Waals surface area contributed by atoms with E-state index in [0.29, 0.717) is 31.0 Å². The van der Waals surface area contributed by atoms with E-state index in [1.807, 2.05) is 6.92 Å². The van der Waals surface area contributed by atoms with Crippen molar-refractivity contribution in [1.82, 2.24) is 0 Å². The summed E-state index contributed by atoms with van der Waals surface area (Å²) in [5.74, 6) is 2.43. The highest BCUT2D eigenvalue weighted by molar-refractivity contribution is 5.97. The van der Waals surface area contributed by atoms with Gasteiger partial charge in [-0.2, -0.15) is 0 Å². The molecule has 1 atom stereocenters. The molecule has 1 aromatic rings. The average molecular weight is 247 g/mol. The molecule has 0 aromatic heterocycles. The fraction of sp³-hybridized carbons (Fsp3) is 0.357. The zero-order chi connectivity index (χ0) is 13.1. The minimum absolute atomic E-state index is 0.0505. The number of carbonyl (C=O) groups is 1. The van der Waals surface area contributed by atoms with E-state index in [0.717, 1.165) is 0 Å². The molecule has 1 aliphatic rings. The molecule has 2 rings (SSSR count). The van der Waals surface area contributed by atoms with Gasteiger partial charge in [0.25, 0.3) is 0 Å². The summed E-state index contributed by atoms with van der Waals surface area (Å²) in [5.41, 5.74) is 0.584. The SMILES string of the molecule is C#CC1CC(=O)N(c2ccc(F)cc2OCC)C1. The van der Waals surface area contributed by atoms with E-state index in [9.17, 15) is 9.18 Å². The van der Waals surface area contributed by atoms with Crippen molar-refractivity contribution in [2.24, 2.45) is 5.92 Å². The number of benzene rings is 1. The summed E-state index contributed by atoms with van der Waals surface area (Å²) in [6.07, 6.45) is 5.67. The Hall–Kier alpha value is -2.02. The van der Waals surface area contributed by atoms with Crippen LogP contribution in [-0.2, 0) is 4.79 Å². The van der Waals surface area contributed by atoms with Crippen molar-refractivity contribution in [2.75, 3.05) is 18.1 Å². The smallest absolute Gasteiger partial charge is 0.228 e. The van der Waals surface area contributed by atoms with E-state index in [1.165, 1.54) is 12.1 Å². The summed E-state index contributed by atoms with van der Waals surface area (Å²) >= 11 is 0. The van der Waals surface area contributed by atoms with Gasteiger partial charge in [0.15, 0.2) is 0 Å². The van der Waals surface area contributed by atoms with Crippen LogP contribution in [0.3, 0.4) is 0 Å². The zero-order valence-electron chi connectivity index (χ0n) is 10.1. The molecule has 1 aromatic carbocycles. The topological polar surface area (TPSA) is 29.5 Å². The van der Waals surface area contributed by atoms with Gasteiger partial charge in [-0.3, -0.25) is 4.79 Å². The predicted octanol–water partition coefficient (Wildman–Crippen LogP) is 2.21. The molecule has 1 heterocycles. The number of hydrogen-bond acceptors (Lipinski definition) is 2. The van der Waals surface area contributed by atoms with E-state index >= 15 is 0 Å². The van der Waals surface area contributed by atoms with Crippen LogP contribution in [0.5, 0.6) is 5.75 Å².